The van der Waals surface area contributed by atoms with E-state index in [1.54, 1.807) is 0 Å². The van der Waals surface area contributed by atoms with E-state index in [9.17, 15) is 26.3 Å². The van der Waals surface area contributed by atoms with Crippen molar-refractivity contribution in [1.82, 2.24) is 4.98 Å². The first-order chi connectivity index (χ1) is 13.0. The molecule has 0 aliphatic heterocycles. The summed E-state index contributed by atoms with van der Waals surface area (Å²) in [5.41, 5.74) is -1.01. The molecule has 28 heavy (non-hydrogen) atoms. The number of hydrogen-bond acceptors (Lipinski definition) is 4. The third-order valence-corrected chi connectivity index (χ3v) is 3.65. The van der Waals surface area contributed by atoms with Crippen molar-refractivity contribution in [2.45, 2.75) is 12.5 Å². The van der Waals surface area contributed by atoms with Crippen LogP contribution in [-0.2, 0) is 6.18 Å². The van der Waals surface area contributed by atoms with Gasteiger partial charge in [0.15, 0.2) is 0 Å². The predicted molar refractivity (Wildman–Crippen MR) is 89.7 cm³/mol. The van der Waals surface area contributed by atoms with Crippen molar-refractivity contribution >= 4 is 22.3 Å². The maximum Gasteiger partial charge on any atom is 0.573 e. The molecule has 0 aliphatic carbocycles. The smallest absolute Gasteiger partial charge is 0.497 e. The Balaban J connectivity index is 2.06. The molecular formula is C18H12F6N2O2. The van der Waals surface area contributed by atoms with Gasteiger partial charge in [0.25, 0.3) is 0 Å². The van der Waals surface area contributed by atoms with Gasteiger partial charge in [-0.3, -0.25) is 0 Å². The van der Waals surface area contributed by atoms with Crippen LogP contribution in [-0.4, -0.2) is 18.5 Å². The highest BCUT2D eigenvalue weighted by molar-refractivity contribution is 5.94. The largest absolute Gasteiger partial charge is 0.573 e. The van der Waals surface area contributed by atoms with Crippen LogP contribution in [0.15, 0.2) is 48.5 Å². The highest BCUT2D eigenvalue weighted by Crippen LogP contribution is 2.36. The van der Waals surface area contributed by atoms with E-state index >= 15 is 0 Å². The van der Waals surface area contributed by atoms with Gasteiger partial charge in [-0.25, -0.2) is 4.98 Å². The Labute approximate surface area is 154 Å². The molecule has 0 spiro atoms. The molecule has 3 aromatic rings. The van der Waals surface area contributed by atoms with Crippen LogP contribution in [0, 0.1) is 0 Å². The summed E-state index contributed by atoms with van der Waals surface area (Å²) >= 11 is 0. The van der Waals surface area contributed by atoms with Gasteiger partial charge in [-0.1, -0.05) is 6.07 Å². The zero-order chi connectivity index (χ0) is 20.5. The lowest BCUT2D eigenvalue weighted by atomic mass is 10.1. The lowest BCUT2D eigenvalue weighted by molar-refractivity contribution is -0.274. The number of benzene rings is 2. The number of methoxy groups -OCH3 is 1. The number of fused-ring (bicyclic) bond motifs is 1. The molecule has 0 fully saturated rings. The predicted octanol–water partition coefficient (Wildman–Crippen LogP) is 5.90. The number of halogens is 6. The summed E-state index contributed by atoms with van der Waals surface area (Å²) in [6, 6.07) is 9.93. The van der Waals surface area contributed by atoms with Crippen LogP contribution in [0.2, 0.25) is 0 Å². The molecule has 0 radical (unpaired) electrons. The fraction of sp³-hybridized carbons (Fsp3) is 0.167. The van der Waals surface area contributed by atoms with Gasteiger partial charge in [0.05, 0.1) is 18.3 Å². The summed E-state index contributed by atoms with van der Waals surface area (Å²) in [5.74, 6) is -0.195. The molecule has 2 aromatic carbocycles. The van der Waals surface area contributed by atoms with Crippen LogP contribution in [0.5, 0.6) is 11.5 Å². The first-order valence-electron chi connectivity index (χ1n) is 7.74. The molecule has 148 valence electrons. The zero-order valence-corrected chi connectivity index (χ0v) is 14.2. The van der Waals surface area contributed by atoms with Crippen LogP contribution in [0.25, 0.3) is 10.9 Å². The highest BCUT2D eigenvalue weighted by Gasteiger charge is 2.34. The lowest BCUT2D eigenvalue weighted by Crippen LogP contribution is -2.17. The Hall–Kier alpha value is -3.17. The van der Waals surface area contributed by atoms with E-state index < -0.39 is 24.0 Å². The first-order valence-corrected chi connectivity index (χ1v) is 7.74. The quantitative estimate of drug-likeness (QED) is 0.552. The topological polar surface area (TPSA) is 43.4 Å². The zero-order valence-electron chi connectivity index (χ0n) is 14.2. The molecule has 0 bridgehead atoms. The number of nitrogens with one attached hydrogen (secondary N) is 1. The number of hydrogen-bond donors (Lipinski definition) is 1. The number of aromatic nitrogens is 1. The highest BCUT2D eigenvalue weighted by atomic mass is 19.4. The van der Waals surface area contributed by atoms with Crippen LogP contribution in [0.4, 0.5) is 37.7 Å². The molecule has 1 N–H and O–H groups in total. The fourth-order valence-electron chi connectivity index (χ4n) is 2.51. The monoisotopic (exact) mass is 402 g/mol. The van der Waals surface area contributed by atoms with Gasteiger partial charge in [-0.15, -0.1) is 13.2 Å². The number of anilines is 2. The summed E-state index contributed by atoms with van der Waals surface area (Å²) in [6.07, 6.45) is -9.60. The summed E-state index contributed by atoms with van der Waals surface area (Å²) in [7, 11) is 1.36. The van der Waals surface area contributed by atoms with Crippen LogP contribution in [0.3, 0.4) is 0 Å². The van der Waals surface area contributed by atoms with Gasteiger partial charge in [0, 0.05) is 23.2 Å². The number of pyridine rings is 1. The Bertz CT molecular complexity index is 1000. The molecule has 0 aliphatic rings. The van der Waals surface area contributed by atoms with Gasteiger partial charge in [-0.05, 0) is 30.3 Å². The van der Waals surface area contributed by atoms with Gasteiger partial charge < -0.3 is 14.8 Å². The van der Waals surface area contributed by atoms with Gasteiger partial charge >= 0.3 is 12.5 Å². The van der Waals surface area contributed by atoms with E-state index in [1.807, 2.05) is 0 Å². The van der Waals surface area contributed by atoms with Crippen molar-refractivity contribution in [2.24, 2.45) is 0 Å². The van der Waals surface area contributed by atoms with Gasteiger partial charge in [0.2, 0.25) is 0 Å². The van der Waals surface area contributed by atoms with E-state index in [-0.39, 0.29) is 16.9 Å². The minimum Gasteiger partial charge on any atom is -0.497 e. The number of rotatable bonds is 4. The van der Waals surface area contributed by atoms with Crippen LogP contribution in [0.1, 0.15) is 5.69 Å². The molecule has 4 nitrogen and oxygen atoms in total. The third kappa shape index (κ3) is 4.56. The molecule has 1 aromatic heterocycles. The minimum atomic E-state index is -4.89. The third-order valence-electron chi connectivity index (χ3n) is 3.65. The van der Waals surface area contributed by atoms with E-state index in [0.717, 1.165) is 18.2 Å². The average molecular weight is 402 g/mol. The Kier molecular flexibility index (Phi) is 4.97. The lowest BCUT2D eigenvalue weighted by Gasteiger charge is -2.15. The Morgan fingerprint density at radius 3 is 2.29 bits per heavy atom. The molecule has 3 rings (SSSR count). The standard InChI is InChI=1S/C18H12F6N2O2/c1-27-11-5-6-13-14(8-11)26-16(17(19,20)21)9-15(13)25-10-3-2-4-12(7-10)28-18(22,23)24/h2-9H,1H3,(H,25,26). The molecule has 10 heteroatoms. The van der Waals surface area contributed by atoms with E-state index in [0.29, 0.717) is 11.1 Å². The summed E-state index contributed by atoms with van der Waals surface area (Å²) in [5, 5.41) is 3.02. The van der Waals surface area contributed by atoms with Crippen molar-refractivity contribution in [3.8, 4) is 11.5 Å². The SMILES string of the molecule is COc1ccc2c(Nc3cccc(OC(F)(F)F)c3)cc(C(F)(F)F)nc2c1. The second-order valence-electron chi connectivity index (χ2n) is 5.64. The molecule has 0 saturated carbocycles. The molecular weight excluding hydrogens is 390 g/mol. The van der Waals surface area contributed by atoms with E-state index in [2.05, 4.69) is 15.0 Å². The van der Waals surface area contributed by atoms with Gasteiger partial charge in [0.1, 0.15) is 17.2 Å². The first kappa shape index (κ1) is 19.6. The van der Waals surface area contributed by atoms with Gasteiger partial charge in [-0.2, -0.15) is 13.2 Å². The summed E-state index contributed by atoms with van der Waals surface area (Å²) < 4.78 is 85.6. The minimum absolute atomic E-state index is 0.0133. The molecule has 0 atom stereocenters. The number of ether oxygens (including phenoxy) is 2. The van der Waals surface area contributed by atoms with Crippen LogP contribution >= 0.6 is 0 Å². The van der Waals surface area contributed by atoms with Crippen molar-refractivity contribution in [3.63, 3.8) is 0 Å². The maximum atomic E-state index is 13.2. The fourth-order valence-corrected chi connectivity index (χ4v) is 2.51. The normalized spacial score (nSPS) is 12.1. The average Bonchev–Trinajstić information content (AvgIpc) is 2.59. The summed E-state index contributed by atoms with van der Waals surface area (Å²) in [4.78, 5) is 3.60. The Morgan fingerprint density at radius 1 is 0.893 bits per heavy atom. The Morgan fingerprint density at radius 2 is 1.64 bits per heavy atom. The molecule has 0 amide bonds. The van der Waals surface area contributed by atoms with Crippen LogP contribution < -0.4 is 14.8 Å². The second-order valence-corrected chi connectivity index (χ2v) is 5.64. The molecule has 1 heterocycles. The van der Waals surface area contributed by atoms with E-state index in [1.165, 1.54) is 37.4 Å². The van der Waals surface area contributed by atoms with Crippen molar-refractivity contribution in [2.75, 3.05) is 12.4 Å². The van der Waals surface area contributed by atoms with Crippen molar-refractivity contribution < 1.29 is 35.8 Å². The molecule has 0 unspecified atom stereocenters. The maximum absolute atomic E-state index is 13.2. The summed E-state index contributed by atoms with van der Waals surface area (Å²) in [6.45, 7) is 0. The number of nitrogens with zero attached hydrogens (tertiary/aromatic N) is 1. The molecule has 0 saturated heterocycles. The second kappa shape index (κ2) is 7.10. The van der Waals surface area contributed by atoms with Crippen molar-refractivity contribution in [1.29, 1.82) is 0 Å². The van der Waals surface area contributed by atoms with Crippen molar-refractivity contribution in [3.05, 3.63) is 54.2 Å². The number of alkyl halides is 6. The van der Waals surface area contributed by atoms with E-state index in [4.69, 9.17) is 4.74 Å².